The van der Waals surface area contributed by atoms with Crippen LogP contribution in [0.25, 0.3) is 0 Å². The molecule has 26 heavy (non-hydrogen) atoms. The molecule has 2 aromatic rings. The topological polar surface area (TPSA) is 50.6 Å². The van der Waals surface area contributed by atoms with Gasteiger partial charge < -0.3 is 9.84 Å². The molecule has 0 saturated heterocycles. The first-order valence-corrected chi connectivity index (χ1v) is 9.11. The second kappa shape index (κ2) is 7.14. The van der Waals surface area contributed by atoms with Crippen LogP contribution in [0.15, 0.2) is 41.9 Å². The van der Waals surface area contributed by atoms with Crippen molar-refractivity contribution in [2.24, 2.45) is 12.0 Å². The third-order valence-corrected chi connectivity index (χ3v) is 2.76. The number of aromatic nitrogens is 2. The van der Waals surface area contributed by atoms with Crippen LogP contribution in [-0.2, 0) is 13.6 Å². The van der Waals surface area contributed by atoms with E-state index in [-0.39, 0.29) is 5.75 Å². The Morgan fingerprint density at radius 1 is 1.23 bits per heavy atom. The first-order chi connectivity index (χ1) is 11.6. The number of aliphatic imine (C=N–C) groups is 1. The van der Waals surface area contributed by atoms with Crippen molar-refractivity contribution in [3.63, 3.8) is 0 Å². The maximum absolute atomic E-state index is 10.7. The normalized spacial score (nSPS) is 14.3. The zero-order valence-corrected chi connectivity index (χ0v) is 14.8. The van der Waals surface area contributed by atoms with E-state index in [0.29, 0.717) is 12.3 Å². The molecule has 148 valence electrons. The summed E-state index contributed by atoms with van der Waals surface area (Å²) >= 11 is 0. The van der Waals surface area contributed by atoms with Crippen molar-refractivity contribution in [2.45, 2.75) is 6.54 Å². The maximum atomic E-state index is 9.87. The van der Waals surface area contributed by atoms with Gasteiger partial charge in [0.15, 0.2) is 11.5 Å². The monoisotopic (exact) mass is 405 g/mol. The average molecular weight is 405 g/mol. The van der Waals surface area contributed by atoms with Gasteiger partial charge in [0.25, 0.3) is 0 Å². The van der Waals surface area contributed by atoms with Crippen molar-refractivity contribution >= 4 is 14.0 Å². The van der Waals surface area contributed by atoms with E-state index in [9.17, 15) is 30.3 Å². The average Bonchev–Trinajstić information content (AvgIpc) is 2.87. The van der Waals surface area contributed by atoms with Gasteiger partial charge >= 0.3 is 33.0 Å². The van der Waals surface area contributed by atoms with E-state index in [0.717, 1.165) is 12.1 Å². The number of nitrogens with zero attached hydrogens (tertiary/aromatic N) is 3. The summed E-state index contributed by atoms with van der Waals surface area (Å²) in [6, 6.07) is 5.16. The number of halogens is 6. The molecule has 1 aromatic heterocycles. The zero-order chi connectivity index (χ0) is 20.1. The van der Waals surface area contributed by atoms with Crippen LogP contribution in [0.4, 0.5) is 25.2 Å². The van der Waals surface area contributed by atoms with E-state index >= 15 is 0 Å². The van der Waals surface area contributed by atoms with Crippen molar-refractivity contribution in [1.82, 2.24) is 4.57 Å². The Labute approximate surface area is 145 Å². The fraction of sp³-hybridized carbons (Fsp3) is 0.286. The summed E-state index contributed by atoms with van der Waals surface area (Å²) in [6.07, 6.45) is 7.80. The molecule has 0 aliphatic rings. The van der Waals surface area contributed by atoms with Crippen LogP contribution in [0.2, 0.25) is 0 Å². The van der Waals surface area contributed by atoms with Crippen LogP contribution in [-0.4, -0.2) is 29.5 Å². The molecule has 0 aliphatic heterocycles. The minimum atomic E-state index is -10.7. The number of hydrogen-bond acceptors (Lipinski definition) is 3. The number of aromatic hydroxyl groups is 1. The third-order valence-electron chi connectivity index (χ3n) is 2.76. The fourth-order valence-electron chi connectivity index (χ4n) is 1.75. The second-order valence-electron chi connectivity index (χ2n) is 5.24. The summed E-state index contributed by atoms with van der Waals surface area (Å²) in [7, 11) is -7.14. The van der Waals surface area contributed by atoms with Crippen molar-refractivity contribution in [3.05, 3.63) is 42.5 Å². The molecule has 0 bridgehead atoms. The van der Waals surface area contributed by atoms with Gasteiger partial charge in [0.1, 0.15) is 18.9 Å². The zero-order valence-electron chi connectivity index (χ0n) is 13.9. The molecule has 0 aliphatic carbocycles. The number of hydrogen-bond donors (Lipinski definition) is 1. The molecule has 5 nitrogen and oxygen atoms in total. The van der Waals surface area contributed by atoms with Gasteiger partial charge in [0.05, 0.1) is 20.7 Å². The number of rotatable bonds is 5. The van der Waals surface area contributed by atoms with Crippen LogP contribution in [0.1, 0.15) is 5.56 Å². The van der Waals surface area contributed by atoms with E-state index in [1.165, 1.54) is 7.11 Å². The molecule has 0 amide bonds. The van der Waals surface area contributed by atoms with E-state index in [4.69, 9.17) is 4.74 Å². The van der Waals surface area contributed by atoms with E-state index in [1.807, 2.05) is 30.3 Å². The number of benzene rings is 1. The van der Waals surface area contributed by atoms with Gasteiger partial charge in [-0.2, -0.15) is 0 Å². The molecular weight excluding hydrogens is 387 g/mol. The SMILES string of the molecule is COc1cc(C=NCCn2cc[n+](C)c2)ccc1O.F[P-](F)(F)(F)(F)F. The van der Waals surface area contributed by atoms with Gasteiger partial charge in [-0.3, -0.25) is 4.99 Å². The summed E-state index contributed by atoms with van der Waals surface area (Å²) in [5, 5.41) is 9.48. The third kappa shape index (κ3) is 11.3. The molecule has 1 aromatic carbocycles. The molecule has 1 heterocycles. The van der Waals surface area contributed by atoms with Gasteiger partial charge in [-0.25, -0.2) is 9.13 Å². The van der Waals surface area contributed by atoms with E-state index < -0.39 is 7.81 Å². The van der Waals surface area contributed by atoms with Crippen molar-refractivity contribution in [3.8, 4) is 11.5 Å². The molecular formula is C14H18F6N3O2P. The van der Waals surface area contributed by atoms with Crippen LogP contribution < -0.4 is 9.30 Å². The Bertz CT molecular complexity index is 763. The summed E-state index contributed by atoms with van der Waals surface area (Å²) in [4.78, 5) is 4.36. The van der Waals surface area contributed by atoms with Crippen molar-refractivity contribution in [1.29, 1.82) is 0 Å². The summed E-state index contributed by atoms with van der Waals surface area (Å²) in [5.74, 6) is 0.598. The van der Waals surface area contributed by atoms with E-state index in [1.54, 1.807) is 24.4 Å². The predicted molar refractivity (Wildman–Crippen MR) is 86.3 cm³/mol. The molecule has 0 fully saturated rings. The number of aryl methyl sites for hydroxylation is 1. The molecule has 0 atom stereocenters. The van der Waals surface area contributed by atoms with Crippen molar-refractivity contribution in [2.75, 3.05) is 13.7 Å². The fourth-order valence-corrected chi connectivity index (χ4v) is 1.75. The summed E-state index contributed by atoms with van der Waals surface area (Å²) in [5.41, 5.74) is 0.910. The Hall–Kier alpha value is -2.29. The number of imidazole rings is 1. The number of ether oxygens (including phenoxy) is 1. The molecule has 0 radical (unpaired) electrons. The number of methoxy groups -OCH3 is 1. The Kier molecular flexibility index (Phi) is 5.98. The molecule has 0 unspecified atom stereocenters. The van der Waals surface area contributed by atoms with Gasteiger partial charge in [-0.15, -0.1) is 0 Å². The molecule has 1 N–H and O–H groups in total. The Balaban J connectivity index is 0.000000412. The van der Waals surface area contributed by atoms with Gasteiger partial charge in [-0.05, 0) is 23.8 Å². The van der Waals surface area contributed by atoms with Crippen molar-refractivity contribution < 1.29 is 39.6 Å². The minimum absolute atomic E-state index is 0.138. The second-order valence-corrected chi connectivity index (χ2v) is 7.16. The van der Waals surface area contributed by atoms with E-state index in [2.05, 4.69) is 9.56 Å². The Morgan fingerprint density at radius 2 is 1.85 bits per heavy atom. The molecule has 2 rings (SSSR count). The van der Waals surface area contributed by atoms with Crippen LogP contribution in [0.3, 0.4) is 0 Å². The Morgan fingerprint density at radius 3 is 2.35 bits per heavy atom. The predicted octanol–water partition coefficient (Wildman–Crippen LogP) is 4.53. The van der Waals surface area contributed by atoms with Gasteiger partial charge in [0, 0.05) is 6.21 Å². The van der Waals surface area contributed by atoms with Crippen LogP contribution >= 0.6 is 7.81 Å². The standard InChI is InChI=1S/C14H17N3O2.F6P/c1-16-7-8-17(11-16)6-5-15-10-12-3-4-13(18)14(9-12)19-2;1-7(2,3,4,5)6/h3-4,7-11H,5-6H2,1-2H3;/q;-1/p+1. The molecule has 0 spiro atoms. The van der Waals surface area contributed by atoms with Gasteiger partial charge in [0.2, 0.25) is 6.33 Å². The quantitative estimate of drug-likeness (QED) is 0.344. The number of phenolic OH excluding ortho intramolecular Hbond substituents is 1. The first kappa shape index (κ1) is 21.8. The first-order valence-electron chi connectivity index (χ1n) is 7.08. The summed E-state index contributed by atoms with van der Waals surface area (Å²) < 4.78 is 68.3. The summed E-state index contributed by atoms with van der Waals surface area (Å²) in [6.45, 7) is 1.55. The molecule has 12 heteroatoms. The number of phenols is 1. The van der Waals surface area contributed by atoms with Crippen LogP contribution in [0, 0.1) is 0 Å². The van der Waals surface area contributed by atoms with Crippen LogP contribution in [0.5, 0.6) is 11.5 Å². The molecule has 0 saturated carbocycles. The van der Waals surface area contributed by atoms with Gasteiger partial charge in [-0.1, -0.05) is 0 Å².